The van der Waals surface area contributed by atoms with E-state index >= 15 is 0 Å². The number of hydrogen-bond donors (Lipinski definition) is 1. The molecule has 0 aliphatic rings. The van der Waals surface area contributed by atoms with Crippen molar-refractivity contribution in [3.63, 3.8) is 0 Å². The molecule has 0 radical (unpaired) electrons. The maximum Gasteiger partial charge on any atom is 0.338 e. The van der Waals surface area contributed by atoms with Gasteiger partial charge in [0.15, 0.2) is 0 Å². The van der Waals surface area contributed by atoms with Crippen molar-refractivity contribution >= 4 is 17.9 Å². The van der Waals surface area contributed by atoms with Crippen LogP contribution in [0, 0.1) is 0 Å². The van der Waals surface area contributed by atoms with Gasteiger partial charge in [0.2, 0.25) is 0 Å². The molecule has 0 bridgehead atoms. The number of benzene rings is 2. The lowest BCUT2D eigenvalue weighted by Gasteiger charge is -2.09. The van der Waals surface area contributed by atoms with Gasteiger partial charge in [-0.15, -0.1) is 0 Å². The number of ether oxygens (including phenoxy) is 5. The predicted molar refractivity (Wildman–Crippen MR) is 130 cm³/mol. The number of nitrogens with one attached hydrogen (secondary N) is 1. The molecule has 2 aromatic carbocycles. The highest BCUT2D eigenvalue weighted by molar-refractivity contribution is 5.89. The van der Waals surface area contributed by atoms with Gasteiger partial charge in [-0.25, -0.2) is 4.79 Å². The highest BCUT2D eigenvalue weighted by Gasteiger charge is 2.06. The van der Waals surface area contributed by atoms with E-state index in [1.54, 1.807) is 36.4 Å². The van der Waals surface area contributed by atoms with Gasteiger partial charge in [-0.1, -0.05) is 13.3 Å². The van der Waals surface area contributed by atoms with Gasteiger partial charge < -0.3 is 29.0 Å². The molecule has 186 valence electrons. The first-order valence-corrected chi connectivity index (χ1v) is 11.6. The van der Waals surface area contributed by atoms with E-state index in [0.717, 1.165) is 31.4 Å². The Morgan fingerprint density at radius 2 is 1.38 bits per heavy atom. The molecule has 2 aromatic rings. The lowest BCUT2D eigenvalue weighted by molar-refractivity contribution is -0.00222. The maximum absolute atomic E-state index is 12.0. The number of anilines is 1. The lowest BCUT2D eigenvalue weighted by Crippen LogP contribution is -2.15. The highest BCUT2D eigenvalue weighted by atomic mass is 16.6. The van der Waals surface area contributed by atoms with E-state index in [2.05, 4.69) is 12.2 Å². The van der Waals surface area contributed by atoms with Crippen LogP contribution in [0.5, 0.6) is 5.75 Å². The number of carbonyl (C=O) groups is 2. The van der Waals surface area contributed by atoms with Gasteiger partial charge in [0.25, 0.3) is 0 Å². The molecular formula is C26H35NO7. The van der Waals surface area contributed by atoms with Crippen molar-refractivity contribution in [2.75, 3.05) is 64.7 Å². The Balaban J connectivity index is 1.38. The van der Waals surface area contributed by atoms with Crippen LogP contribution in [0.15, 0.2) is 48.5 Å². The molecule has 34 heavy (non-hydrogen) atoms. The number of unbranched alkanes of at least 4 members (excludes halogenated alkanes) is 1. The zero-order chi connectivity index (χ0) is 24.3. The van der Waals surface area contributed by atoms with E-state index in [1.165, 1.54) is 0 Å². The summed E-state index contributed by atoms with van der Waals surface area (Å²) in [4.78, 5) is 22.6. The Hall–Kier alpha value is -2.94. The van der Waals surface area contributed by atoms with E-state index in [4.69, 9.17) is 23.7 Å². The summed E-state index contributed by atoms with van der Waals surface area (Å²) in [6, 6.07) is 14.2. The molecular weight excluding hydrogens is 438 g/mol. The number of esters is 1. The molecule has 0 unspecified atom stereocenters. The summed E-state index contributed by atoms with van der Waals surface area (Å²) in [7, 11) is 0. The number of hydrogen-bond acceptors (Lipinski definition) is 8. The van der Waals surface area contributed by atoms with Crippen LogP contribution in [-0.4, -0.2) is 71.7 Å². The Kier molecular flexibility index (Phi) is 14.1. The van der Waals surface area contributed by atoms with Crippen LogP contribution >= 0.6 is 0 Å². The summed E-state index contributed by atoms with van der Waals surface area (Å²) in [5.74, 6) is 0.334. The smallest absolute Gasteiger partial charge is 0.338 e. The van der Waals surface area contributed by atoms with Crippen molar-refractivity contribution in [1.29, 1.82) is 0 Å². The molecule has 8 nitrogen and oxygen atoms in total. The fourth-order valence-corrected chi connectivity index (χ4v) is 2.81. The molecule has 0 saturated heterocycles. The summed E-state index contributed by atoms with van der Waals surface area (Å²) < 4.78 is 27.0. The van der Waals surface area contributed by atoms with Gasteiger partial charge in [0.05, 0.1) is 45.2 Å². The fraction of sp³-hybridized carbons (Fsp3) is 0.462. The number of rotatable bonds is 19. The second kappa shape index (κ2) is 17.5. The van der Waals surface area contributed by atoms with Crippen LogP contribution in [0.4, 0.5) is 5.69 Å². The van der Waals surface area contributed by atoms with Gasteiger partial charge in [-0.05, 0) is 55.0 Å². The molecule has 0 spiro atoms. The van der Waals surface area contributed by atoms with Crippen molar-refractivity contribution in [3.05, 3.63) is 59.7 Å². The predicted octanol–water partition coefficient (Wildman–Crippen LogP) is 4.00. The van der Waals surface area contributed by atoms with Gasteiger partial charge in [-0.2, -0.15) is 0 Å². The van der Waals surface area contributed by atoms with Crippen LogP contribution in [0.25, 0.3) is 0 Å². The molecule has 0 heterocycles. The van der Waals surface area contributed by atoms with Gasteiger partial charge >= 0.3 is 5.97 Å². The molecule has 0 aromatic heterocycles. The number of aldehydes is 1. The van der Waals surface area contributed by atoms with Gasteiger partial charge in [-0.3, -0.25) is 4.79 Å². The van der Waals surface area contributed by atoms with Crippen LogP contribution in [0.2, 0.25) is 0 Å². The largest absolute Gasteiger partial charge is 0.491 e. The van der Waals surface area contributed by atoms with Crippen molar-refractivity contribution in [3.8, 4) is 5.75 Å². The van der Waals surface area contributed by atoms with E-state index < -0.39 is 0 Å². The maximum atomic E-state index is 12.0. The average Bonchev–Trinajstić information content (AvgIpc) is 2.87. The fourth-order valence-electron chi connectivity index (χ4n) is 2.81. The van der Waals surface area contributed by atoms with Crippen molar-refractivity contribution in [2.45, 2.75) is 19.8 Å². The summed E-state index contributed by atoms with van der Waals surface area (Å²) in [6.07, 6.45) is 3.04. The SMILES string of the molecule is CCCCNc1ccc(C(=O)OCCOCCOCCOCCOc2ccc(C=O)cc2)cc1. The van der Waals surface area contributed by atoms with Gasteiger partial charge in [0.1, 0.15) is 25.2 Å². The Morgan fingerprint density at radius 1 is 0.794 bits per heavy atom. The Labute approximate surface area is 201 Å². The third kappa shape index (κ3) is 11.8. The second-order valence-corrected chi connectivity index (χ2v) is 7.37. The minimum absolute atomic E-state index is 0.191. The van der Waals surface area contributed by atoms with Crippen LogP contribution in [0.3, 0.4) is 0 Å². The minimum atomic E-state index is -0.362. The first kappa shape index (κ1) is 27.3. The van der Waals surface area contributed by atoms with Crippen LogP contribution in [-0.2, 0) is 18.9 Å². The molecule has 0 amide bonds. The zero-order valence-corrected chi connectivity index (χ0v) is 19.8. The standard InChI is InChI=1S/C26H35NO7/c1-2-3-12-27-24-8-6-23(7-9-24)26(29)34-20-18-32-16-14-30-13-15-31-17-19-33-25-10-4-22(21-28)5-11-25/h4-11,21,27H,2-3,12-20H2,1H3. The molecule has 0 saturated carbocycles. The van der Waals surface area contributed by atoms with Crippen molar-refractivity contribution in [2.24, 2.45) is 0 Å². The van der Waals surface area contributed by atoms with Crippen molar-refractivity contribution in [1.82, 2.24) is 0 Å². The number of carbonyl (C=O) groups excluding carboxylic acids is 2. The summed E-state index contributed by atoms with van der Waals surface area (Å²) in [5.41, 5.74) is 2.13. The zero-order valence-electron chi connectivity index (χ0n) is 19.8. The first-order valence-electron chi connectivity index (χ1n) is 11.6. The topological polar surface area (TPSA) is 92.3 Å². The lowest BCUT2D eigenvalue weighted by atomic mass is 10.2. The molecule has 1 N–H and O–H groups in total. The van der Waals surface area contributed by atoms with Crippen LogP contribution < -0.4 is 10.1 Å². The minimum Gasteiger partial charge on any atom is -0.491 e. The highest BCUT2D eigenvalue weighted by Crippen LogP contribution is 2.11. The Morgan fingerprint density at radius 3 is 1.97 bits per heavy atom. The van der Waals surface area contributed by atoms with Crippen molar-refractivity contribution < 1.29 is 33.3 Å². The molecule has 0 aliphatic carbocycles. The quantitative estimate of drug-likeness (QED) is 0.186. The normalized spacial score (nSPS) is 10.6. The molecule has 0 atom stereocenters. The molecule has 0 fully saturated rings. The summed E-state index contributed by atoms with van der Waals surface area (Å²) in [6.45, 7) is 6.19. The third-order valence-electron chi connectivity index (χ3n) is 4.70. The van der Waals surface area contributed by atoms with E-state index in [0.29, 0.717) is 63.1 Å². The van der Waals surface area contributed by atoms with E-state index in [9.17, 15) is 9.59 Å². The van der Waals surface area contributed by atoms with E-state index in [1.807, 2.05) is 12.1 Å². The monoisotopic (exact) mass is 473 g/mol. The molecule has 2 rings (SSSR count). The molecule has 0 aliphatic heterocycles. The van der Waals surface area contributed by atoms with E-state index in [-0.39, 0.29) is 12.6 Å². The average molecular weight is 474 g/mol. The summed E-state index contributed by atoms with van der Waals surface area (Å²) in [5, 5.41) is 3.31. The summed E-state index contributed by atoms with van der Waals surface area (Å²) >= 11 is 0. The first-order chi connectivity index (χ1) is 16.7. The Bertz CT molecular complexity index is 809. The molecule has 8 heteroatoms. The third-order valence-corrected chi connectivity index (χ3v) is 4.70. The second-order valence-electron chi connectivity index (χ2n) is 7.37. The van der Waals surface area contributed by atoms with Gasteiger partial charge in [0, 0.05) is 17.8 Å². The van der Waals surface area contributed by atoms with Crippen LogP contribution in [0.1, 0.15) is 40.5 Å².